The average Bonchev–Trinajstić information content (AvgIpc) is 3.66. The standard InChI is InChI=1S/C21H25.C13H10.C13H21.Zr/c1-20(2,3)16-9-7-14-11-15-8-10-17(21(4,5)6)13-19(15)18(14)12-16;1-3-7-12(8-4-1)11-13-9-5-2-6-10-13;1-6-10-8-11(7-2)12(9-10)13(3,4)5;/h7,9-10,12-13H,11H2,1-6H3;1-10H;9-10H,6-7H2,1-5H3;/q-1;;-1;+2. The van der Waals surface area contributed by atoms with Crippen molar-refractivity contribution in [2.24, 2.45) is 11.3 Å². The molecule has 48 heavy (non-hydrogen) atoms. The van der Waals surface area contributed by atoms with Crippen molar-refractivity contribution in [1.82, 2.24) is 0 Å². The van der Waals surface area contributed by atoms with Crippen LogP contribution < -0.4 is 0 Å². The van der Waals surface area contributed by atoms with E-state index in [4.69, 9.17) is 0 Å². The first-order chi connectivity index (χ1) is 22.5. The number of allylic oxidation sites excluding steroid dienone is 4. The normalized spacial score (nSPS) is 15.2. The summed E-state index contributed by atoms with van der Waals surface area (Å²) in [6.45, 7) is 25.0. The zero-order chi connectivity index (χ0) is 35.3. The van der Waals surface area contributed by atoms with Gasteiger partial charge in [0, 0.05) is 0 Å². The molecule has 248 valence electrons. The van der Waals surface area contributed by atoms with E-state index in [1.807, 2.05) is 0 Å². The molecule has 1 atom stereocenters. The van der Waals surface area contributed by atoms with E-state index in [2.05, 4.69) is 185 Å². The summed E-state index contributed by atoms with van der Waals surface area (Å²) in [5.74, 6) is 0.573. The molecule has 1 heteroatoms. The van der Waals surface area contributed by atoms with Crippen LogP contribution in [-0.4, -0.2) is 3.21 Å². The molecule has 2 aliphatic rings. The van der Waals surface area contributed by atoms with Gasteiger partial charge in [0.2, 0.25) is 0 Å². The van der Waals surface area contributed by atoms with Gasteiger partial charge in [0.25, 0.3) is 0 Å². The Bertz CT molecular complexity index is 1640. The van der Waals surface area contributed by atoms with Gasteiger partial charge in [0.15, 0.2) is 0 Å². The Morgan fingerprint density at radius 3 is 1.69 bits per heavy atom. The van der Waals surface area contributed by atoms with E-state index in [1.165, 1.54) is 89.5 Å². The molecule has 0 heterocycles. The molecule has 0 saturated heterocycles. The fourth-order valence-electron chi connectivity index (χ4n) is 6.22. The van der Waals surface area contributed by atoms with Crippen molar-refractivity contribution >= 4 is 3.21 Å². The van der Waals surface area contributed by atoms with E-state index >= 15 is 0 Å². The van der Waals surface area contributed by atoms with Gasteiger partial charge in [0.1, 0.15) is 0 Å². The van der Waals surface area contributed by atoms with E-state index in [0.29, 0.717) is 11.3 Å². The molecule has 0 amide bonds. The predicted octanol–water partition coefficient (Wildman–Crippen LogP) is 12.6. The van der Waals surface area contributed by atoms with Gasteiger partial charge in [-0.25, -0.2) is 5.57 Å². The van der Waals surface area contributed by atoms with Crippen LogP contribution in [0.15, 0.2) is 108 Å². The van der Waals surface area contributed by atoms with Crippen molar-refractivity contribution in [3.8, 4) is 11.1 Å². The molecule has 2 aliphatic carbocycles. The Hall–Kier alpha value is -2.89. The Labute approximate surface area is 308 Å². The minimum absolute atomic E-state index is 0.177. The van der Waals surface area contributed by atoms with Crippen LogP contribution in [0.5, 0.6) is 0 Å². The van der Waals surface area contributed by atoms with Crippen LogP contribution in [0.2, 0.25) is 0 Å². The third-order valence-corrected chi connectivity index (χ3v) is 10.7. The summed E-state index contributed by atoms with van der Waals surface area (Å²) < 4.78 is 1.42. The minimum atomic E-state index is 0.177. The first-order valence-corrected chi connectivity index (χ1v) is 19.0. The van der Waals surface area contributed by atoms with Gasteiger partial charge in [-0.05, 0) is 17.4 Å². The average molecular weight is 712 g/mol. The number of hydrogen-bond acceptors (Lipinski definition) is 0. The predicted molar refractivity (Wildman–Crippen MR) is 205 cm³/mol. The van der Waals surface area contributed by atoms with E-state index in [1.54, 1.807) is 0 Å². The van der Waals surface area contributed by atoms with E-state index in [-0.39, 0.29) is 10.8 Å². The zero-order valence-corrected chi connectivity index (χ0v) is 33.9. The Balaban J connectivity index is 0.000000170. The monoisotopic (exact) mass is 710 g/mol. The summed E-state index contributed by atoms with van der Waals surface area (Å²) in [7, 11) is 0. The molecule has 0 nitrogen and oxygen atoms in total. The first-order valence-electron chi connectivity index (χ1n) is 17.8. The second-order valence-corrected chi connectivity index (χ2v) is 17.5. The van der Waals surface area contributed by atoms with Crippen LogP contribution >= 0.6 is 0 Å². The maximum atomic E-state index is 3.57. The summed E-state index contributed by atoms with van der Waals surface area (Å²) in [5, 5.41) is 0. The van der Waals surface area contributed by atoms with Crippen molar-refractivity contribution in [2.45, 2.75) is 106 Å². The molecule has 0 bridgehead atoms. The third kappa shape index (κ3) is 9.63. The Morgan fingerprint density at radius 2 is 1.23 bits per heavy atom. The van der Waals surface area contributed by atoms with Gasteiger partial charge < -0.3 is 0 Å². The van der Waals surface area contributed by atoms with Crippen LogP contribution in [0.1, 0.15) is 122 Å². The van der Waals surface area contributed by atoms with Crippen molar-refractivity contribution in [1.29, 1.82) is 0 Å². The number of benzene rings is 4. The fourth-order valence-corrected chi connectivity index (χ4v) is 7.04. The van der Waals surface area contributed by atoms with E-state index in [9.17, 15) is 0 Å². The van der Waals surface area contributed by atoms with E-state index < -0.39 is 0 Å². The van der Waals surface area contributed by atoms with Gasteiger partial charge in [-0.1, -0.05) is 135 Å². The molecule has 0 spiro atoms. The maximum absolute atomic E-state index is 3.57. The molecule has 0 saturated carbocycles. The van der Waals surface area contributed by atoms with Crippen molar-refractivity contribution in [3.63, 3.8) is 0 Å². The summed E-state index contributed by atoms with van der Waals surface area (Å²) in [6, 6.07) is 36.2. The molecule has 0 N–H and O–H groups in total. The molecule has 0 radical (unpaired) electrons. The van der Waals surface area contributed by atoms with E-state index in [0.717, 1.165) is 12.8 Å². The first kappa shape index (κ1) is 37.9. The second kappa shape index (κ2) is 15.8. The third-order valence-electron chi connectivity index (χ3n) is 9.31. The van der Waals surface area contributed by atoms with Crippen molar-refractivity contribution in [3.05, 3.63) is 154 Å². The van der Waals surface area contributed by atoms with Crippen molar-refractivity contribution in [2.75, 3.05) is 0 Å². The molecule has 0 aliphatic heterocycles. The van der Waals surface area contributed by atoms with Crippen LogP contribution in [0.25, 0.3) is 11.1 Å². The van der Waals surface area contributed by atoms with Crippen LogP contribution in [0.3, 0.4) is 0 Å². The molecule has 1 unspecified atom stereocenters. The number of hydrogen-bond donors (Lipinski definition) is 0. The van der Waals surface area contributed by atoms with Gasteiger partial charge in [0.05, 0.1) is 0 Å². The quantitative estimate of drug-likeness (QED) is 0.163. The Morgan fingerprint density at radius 1 is 0.688 bits per heavy atom. The molecule has 6 rings (SSSR count). The Kier molecular flexibility index (Phi) is 12.5. The topological polar surface area (TPSA) is 0 Å². The van der Waals surface area contributed by atoms with Crippen LogP contribution in [-0.2, 0) is 41.5 Å². The molecular weight excluding hydrogens is 656 g/mol. The van der Waals surface area contributed by atoms with Crippen molar-refractivity contribution < 1.29 is 24.2 Å². The molecular formula is C47H56Zr. The molecule has 4 aromatic rings. The van der Waals surface area contributed by atoms with Gasteiger partial charge in [-0.2, -0.15) is 41.0 Å². The van der Waals surface area contributed by atoms with Crippen LogP contribution in [0.4, 0.5) is 0 Å². The summed E-state index contributed by atoms with van der Waals surface area (Å²) in [4.78, 5) is 0. The summed E-state index contributed by atoms with van der Waals surface area (Å²) in [5.41, 5.74) is 14.7. The van der Waals surface area contributed by atoms with Gasteiger partial charge in [-0.3, -0.25) is 6.08 Å². The summed E-state index contributed by atoms with van der Waals surface area (Å²) in [6.07, 6.45) is 9.31. The molecule has 0 fully saturated rings. The zero-order valence-electron chi connectivity index (χ0n) is 31.4. The number of fused-ring (bicyclic) bond motifs is 3. The second-order valence-electron chi connectivity index (χ2n) is 16.3. The number of rotatable bonds is 4. The molecule has 4 aromatic carbocycles. The van der Waals surface area contributed by atoms with Gasteiger partial charge in [-0.15, -0.1) is 5.56 Å². The SMILES string of the molecule is CC(C)(C)c1c[c-]c2c(c1)-c1cc(C(C)(C)C)ccc1C2.CCC1=[C-]C(CC)C=C1C(C)(C)C.[Zr+2]=[C](c1ccccc1)c1ccccc1. The molecule has 0 aromatic heterocycles. The van der Waals surface area contributed by atoms with Crippen LogP contribution in [0, 0.1) is 23.5 Å². The van der Waals surface area contributed by atoms with Gasteiger partial charge >= 0.3 is 99.2 Å². The fraction of sp³-hybridized carbons (Fsp3) is 0.383. The summed E-state index contributed by atoms with van der Waals surface area (Å²) >= 11 is 1.46.